The fraction of sp³-hybridized carbons (Fsp3) is 0.800. The molecule has 0 aromatic carbocycles. The molecule has 0 spiro atoms. The number of hydrogen-bond donors (Lipinski definition) is 0. The van der Waals surface area contributed by atoms with E-state index in [1.54, 1.807) is 0 Å². The van der Waals surface area contributed by atoms with Gasteiger partial charge >= 0.3 is 5.97 Å². The van der Waals surface area contributed by atoms with Crippen LogP contribution in [0, 0.1) is 5.41 Å². The normalized spacial score (nSPS) is 12.0. The van der Waals surface area contributed by atoms with Gasteiger partial charge in [0.1, 0.15) is 0 Å². The summed E-state index contributed by atoms with van der Waals surface area (Å²) in [6, 6.07) is 0. The predicted molar refractivity (Wildman–Crippen MR) is 72.9 cm³/mol. The van der Waals surface area contributed by atoms with Crippen LogP contribution in [0.3, 0.4) is 0 Å². The minimum atomic E-state index is -0.489. The molecule has 0 amide bonds. The number of esters is 1. The maximum Gasteiger partial charge on any atom is 0.315 e. The van der Waals surface area contributed by atoms with E-state index in [9.17, 15) is 4.79 Å². The molecule has 0 heterocycles. The Morgan fingerprint density at radius 2 is 1.71 bits per heavy atom. The van der Waals surface area contributed by atoms with Gasteiger partial charge in [-0.15, -0.1) is 0 Å². The van der Waals surface area contributed by atoms with Crippen LogP contribution in [0.15, 0.2) is 12.2 Å². The highest BCUT2D eigenvalue weighted by molar-refractivity contribution is 5.77. The lowest BCUT2D eigenvalue weighted by Crippen LogP contribution is -2.22. The fourth-order valence-electron chi connectivity index (χ4n) is 1.75. The van der Waals surface area contributed by atoms with E-state index in [2.05, 4.69) is 13.0 Å². The monoisotopic (exact) mass is 240 g/mol. The quantitative estimate of drug-likeness (QED) is 0.337. The fourth-order valence-corrected chi connectivity index (χ4v) is 1.75. The molecule has 0 atom stereocenters. The van der Waals surface area contributed by atoms with Crippen LogP contribution in [0.1, 0.15) is 65.7 Å². The summed E-state index contributed by atoms with van der Waals surface area (Å²) in [5.74, 6) is -0.170. The summed E-state index contributed by atoms with van der Waals surface area (Å²) < 4.78 is 4.75. The molecule has 0 saturated heterocycles. The van der Waals surface area contributed by atoms with E-state index < -0.39 is 5.41 Å². The van der Waals surface area contributed by atoms with Crippen LogP contribution in [0.4, 0.5) is 0 Å². The molecule has 0 aliphatic rings. The Morgan fingerprint density at radius 3 is 2.29 bits per heavy atom. The van der Waals surface area contributed by atoms with Crippen molar-refractivity contribution in [2.45, 2.75) is 65.7 Å². The summed E-state index contributed by atoms with van der Waals surface area (Å²) in [6.07, 6.45) is 13.0. The van der Waals surface area contributed by atoms with E-state index in [1.807, 2.05) is 19.9 Å². The van der Waals surface area contributed by atoms with E-state index in [-0.39, 0.29) is 5.97 Å². The van der Waals surface area contributed by atoms with E-state index in [0.29, 0.717) is 0 Å². The highest BCUT2D eigenvalue weighted by Gasteiger charge is 2.24. The predicted octanol–water partition coefficient (Wildman–Crippen LogP) is 4.49. The number of carbonyl (C=O) groups is 1. The van der Waals surface area contributed by atoms with E-state index in [4.69, 9.17) is 4.74 Å². The van der Waals surface area contributed by atoms with Gasteiger partial charge in [-0.3, -0.25) is 4.79 Å². The van der Waals surface area contributed by atoms with Gasteiger partial charge in [-0.2, -0.15) is 0 Å². The third kappa shape index (κ3) is 8.00. The molecule has 0 radical (unpaired) electrons. The van der Waals surface area contributed by atoms with Crippen molar-refractivity contribution in [1.82, 2.24) is 0 Å². The molecule has 17 heavy (non-hydrogen) atoms. The lowest BCUT2D eigenvalue weighted by atomic mass is 9.92. The Hall–Kier alpha value is -0.790. The number of unbranched alkanes of at least 4 members (excludes halogenated alkanes) is 6. The molecule has 100 valence electrons. The number of hydrogen-bond acceptors (Lipinski definition) is 2. The summed E-state index contributed by atoms with van der Waals surface area (Å²) in [4.78, 5) is 11.4. The number of ether oxygens (including phenoxy) is 1. The lowest BCUT2D eigenvalue weighted by Gasteiger charge is -2.16. The third-order valence-corrected chi connectivity index (χ3v) is 2.97. The number of rotatable bonds is 9. The summed E-state index contributed by atoms with van der Waals surface area (Å²) in [5.41, 5.74) is -0.489. The molecular weight excluding hydrogens is 212 g/mol. The molecule has 2 heteroatoms. The highest BCUT2D eigenvalue weighted by Crippen LogP contribution is 2.19. The summed E-state index contributed by atoms with van der Waals surface area (Å²) in [6.45, 7) is 6.00. The van der Waals surface area contributed by atoms with Gasteiger partial charge in [0, 0.05) is 0 Å². The van der Waals surface area contributed by atoms with Crippen LogP contribution in [-0.4, -0.2) is 13.1 Å². The molecular formula is C15H28O2. The van der Waals surface area contributed by atoms with Gasteiger partial charge in [0.15, 0.2) is 0 Å². The van der Waals surface area contributed by atoms with Gasteiger partial charge in [0.2, 0.25) is 0 Å². The topological polar surface area (TPSA) is 26.3 Å². The van der Waals surface area contributed by atoms with Crippen LogP contribution >= 0.6 is 0 Å². The zero-order chi connectivity index (χ0) is 13.1. The molecule has 2 nitrogen and oxygen atoms in total. The molecule has 0 saturated carbocycles. The highest BCUT2D eigenvalue weighted by atomic mass is 16.5. The third-order valence-electron chi connectivity index (χ3n) is 2.97. The van der Waals surface area contributed by atoms with Crippen molar-refractivity contribution < 1.29 is 9.53 Å². The first-order chi connectivity index (χ1) is 8.04. The number of allylic oxidation sites excluding steroid dienone is 1. The number of methoxy groups -OCH3 is 1. The Bertz CT molecular complexity index is 229. The molecule has 0 rings (SSSR count). The first kappa shape index (κ1) is 16.2. The van der Waals surface area contributed by atoms with Gasteiger partial charge in [0.25, 0.3) is 0 Å². The van der Waals surface area contributed by atoms with Crippen LogP contribution in [0.5, 0.6) is 0 Å². The second kappa shape index (κ2) is 9.26. The standard InChI is InChI=1S/C15H28O2/c1-5-6-7-8-9-10-11-12-13-15(2,3)14(16)17-4/h12-13H,5-11H2,1-4H3. The largest absolute Gasteiger partial charge is 0.468 e. The van der Waals surface area contributed by atoms with Crippen LogP contribution < -0.4 is 0 Å². The first-order valence-electron chi connectivity index (χ1n) is 6.80. The Morgan fingerprint density at radius 1 is 1.12 bits per heavy atom. The van der Waals surface area contributed by atoms with Crippen molar-refractivity contribution in [3.05, 3.63) is 12.2 Å². The summed E-state index contributed by atoms with van der Waals surface area (Å²) in [7, 11) is 1.44. The van der Waals surface area contributed by atoms with Crippen molar-refractivity contribution in [3.63, 3.8) is 0 Å². The minimum Gasteiger partial charge on any atom is -0.468 e. The second-order valence-electron chi connectivity index (χ2n) is 5.17. The summed E-state index contributed by atoms with van der Waals surface area (Å²) in [5, 5.41) is 0. The van der Waals surface area contributed by atoms with Crippen molar-refractivity contribution in [2.75, 3.05) is 7.11 Å². The molecule has 0 aliphatic heterocycles. The molecule has 0 unspecified atom stereocenters. The van der Waals surface area contributed by atoms with Crippen molar-refractivity contribution in [2.24, 2.45) is 5.41 Å². The SMILES string of the molecule is CCCCCCCCC=CC(C)(C)C(=O)OC. The van der Waals surface area contributed by atoms with Crippen molar-refractivity contribution >= 4 is 5.97 Å². The lowest BCUT2D eigenvalue weighted by molar-refractivity contribution is -0.148. The Balaban J connectivity index is 3.63. The van der Waals surface area contributed by atoms with Crippen molar-refractivity contribution in [3.8, 4) is 0 Å². The van der Waals surface area contributed by atoms with Gasteiger partial charge in [-0.05, 0) is 26.7 Å². The van der Waals surface area contributed by atoms with E-state index >= 15 is 0 Å². The smallest absolute Gasteiger partial charge is 0.315 e. The molecule has 0 fully saturated rings. The molecule has 0 aromatic heterocycles. The summed E-state index contributed by atoms with van der Waals surface area (Å²) >= 11 is 0. The Kier molecular flexibility index (Phi) is 8.83. The molecule has 0 N–H and O–H groups in total. The van der Waals surface area contributed by atoms with Crippen molar-refractivity contribution in [1.29, 1.82) is 0 Å². The molecule has 0 bridgehead atoms. The van der Waals surface area contributed by atoms with Crippen LogP contribution in [0.2, 0.25) is 0 Å². The van der Waals surface area contributed by atoms with Gasteiger partial charge in [0.05, 0.1) is 12.5 Å². The minimum absolute atomic E-state index is 0.170. The average molecular weight is 240 g/mol. The molecule has 0 aliphatic carbocycles. The zero-order valence-corrected chi connectivity index (χ0v) is 11.9. The maximum absolute atomic E-state index is 11.4. The van der Waals surface area contributed by atoms with Crippen LogP contribution in [0.25, 0.3) is 0 Å². The molecule has 0 aromatic rings. The van der Waals surface area contributed by atoms with E-state index in [0.717, 1.165) is 6.42 Å². The van der Waals surface area contributed by atoms with E-state index in [1.165, 1.54) is 45.6 Å². The average Bonchev–Trinajstić information content (AvgIpc) is 2.31. The van der Waals surface area contributed by atoms with Gasteiger partial charge in [-0.25, -0.2) is 0 Å². The van der Waals surface area contributed by atoms with Gasteiger partial charge < -0.3 is 4.74 Å². The zero-order valence-electron chi connectivity index (χ0n) is 11.9. The maximum atomic E-state index is 11.4. The number of carbonyl (C=O) groups excluding carboxylic acids is 1. The van der Waals surface area contributed by atoms with Crippen LogP contribution in [-0.2, 0) is 9.53 Å². The first-order valence-corrected chi connectivity index (χ1v) is 6.80. The Labute approximate surface area is 106 Å². The second-order valence-corrected chi connectivity index (χ2v) is 5.17. The van der Waals surface area contributed by atoms with Gasteiger partial charge in [-0.1, -0.05) is 51.2 Å².